The minimum Gasteiger partial charge on any atom is -0.423 e. The van der Waals surface area contributed by atoms with Crippen molar-refractivity contribution in [1.82, 2.24) is 5.43 Å². The number of rotatable bonds is 5. The molecule has 0 fully saturated rings. The second-order valence-electron chi connectivity index (χ2n) is 6.04. The molecule has 140 valence electrons. The maximum Gasteiger partial charge on any atom is 0.343 e. The molecule has 0 radical (unpaired) electrons. The van der Waals surface area contributed by atoms with Gasteiger partial charge in [0.05, 0.1) is 11.8 Å². The molecule has 0 saturated carbocycles. The molecular weight excluding hydrogens is 376 g/mol. The van der Waals surface area contributed by atoms with Gasteiger partial charge in [-0.25, -0.2) is 10.2 Å². The summed E-state index contributed by atoms with van der Waals surface area (Å²) in [6, 6.07) is 20.6. The average Bonchev–Trinajstić information content (AvgIpc) is 2.69. The Balaban J connectivity index is 1.57. The number of halogens is 1. The maximum absolute atomic E-state index is 12.2. The molecule has 3 rings (SSSR count). The van der Waals surface area contributed by atoms with Gasteiger partial charge >= 0.3 is 5.97 Å². The Morgan fingerprint density at radius 2 is 1.68 bits per heavy atom. The van der Waals surface area contributed by atoms with Gasteiger partial charge in [-0.3, -0.25) is 4.79 Å². The smallest absolute Gasteiger partial charge is 0.343 e. The van der Waals surface area contributed by atoms with Gasteiger partial charge in [0.2, 0.25) is 0 Å². The van der Waals surface area contributed by atoms with Gasteiger partial charge in [-0.1, -0.05) is 35.4 Å². The number of nitrogens with one attached hydrogen (secondary N) is 1. The number of ether oxygens (including phenoxy) is 1. The van der Waals surface area contributed by atoms with E-state index in [2.05, 4.69) is 10.5 Å². The van der Waals surface area contributed by atoms with Crippen LogP contribution in [0, 0.1) is 6.92 Å². The Kier molecular flexibility index (Phi) is 6.19. The van der Waals surface area contributed by atoms with Crippen LogP contribution in [0.5, 0.6) is 5.75 Å². The SMILES string of the molecule is Cc1cccc(C(=O)Oc2ccc(/C=N/NC(=O)c3cccc(Cl)c3)cc2)c1. The van der Waals surface area contributed by atoms with Gasteiger partial charge in [-0.15, -0.1) is 0 Å². The highest BCUT2D eigenvalue weighted by atomic mass is 35.5. The van der Waals surface area contributed by atoms with E-state index < -0.39 is 5.97 Å². The van der Waals surface area contributed by atoms with Crippen LogP contribution in [-0.2, 0) is 0 Å². The first-order valence-electron chi connectivity index (χ1n) is 8.49. The third-order valence-corrected chi connectivity index (χ3v) is 4.05. The fourth-order valence-electron chi connectivity index (χ4n) is 2.42. The van der Waals surface area contributed by atoms with Gasteiger partial charge < -0.3 is 4.74 Å². The molecule has 0 bridgehead atoms. The maximum atomic E-state index is 12.2. The van der Waals surface area contributed by atoms with E-state index in [1.54, 1.807) is 60.7 Å². The Labute approximate surface area is 167 Å². The number of hydrogen-bond acceptors (Lipinski definition) is 4. The lowest BCUT2D eigenvalue weighted by Crippen LogP contribution is -2.17. The number of carbonyl (C=O) groups excluding carboxylic acids is 2. The summed E-state index contributed by atoms with van der Waals surface area (Å²) in [5.74, 6) is -0.354. The first-order chi connectivity index (χ1) is 13.5. The van der Waals surface area contributed by atoms with E-state index in [1.165, 1.54) is 6.21 Å². The molecule has 0 aliphatic carbocycles. The zero-order chi connectivity index (χ0) is 19.9. The van der Waals surface area contributed by atoms with Crippen molar-refractivity contribution in [2.45, 2.75) is 6.92 Å². The number of hydrogen-bond donors (Lipinski definition) is 1. The molecule has 0 heterocycles. The Bertz CT molecular complexity index is 1030. The Hall–Kier alpha value is -3.44. The standard InChI is InChI=1S/C22H17ClN2O3/c1-15-4-2-6-18(12-15)22(27)28-20-10-8-16(9-11-20)14-24-25-21(26)17-5-3-7-19(23)13-17/h2-14H,1H3,(H,25,26)/b24-14+. The third kappa shape index (κ3) is 5.28. The van der Waals surface area contributed by atoms with Gasteiger partial charge in [-0.05, 0) is 67.1 Å². The predicted octanol–water partition coefficient (Wildman–Crippen LogP) is 4.63. The second-order valence-corrected chi connectivity index (χ2v) is 6.47. The number of hydrazone groups is 1. The molecule has 0 aromatic heterocycles. The number of carbonyl (C=O) groups is 2. The Morgan fingerprint density at radius 1 is 0.964 bits per heavy atom. The van der Waals surface area contributed by atoms with Crippen LogP contribution < -0.4 is 10.2 Å². The number of nitrogens with zero attached hydrogens (tertiary/aromatic N) is 1. The molecule has 0 spiro atoms. The van der Waals surface area contributed by atoms with Gasteiger partial charge in [0.1, 0.15) is 5.75 Å². The number of aryl methyl sites for hydroxylation is 1. The van der Waals surface area contributed by atoms with E-state index in [0.717, 1.165) is 11.1 Å². The monoisotopic (exact) mass is 392 g/mol. The first kappa shape index (κ1) is 19.3. The van der Waals surface area contributed by atoms with Gasteiger partial charge in [-0.2, -0.15) is 5.10 Å². The first-order valence-corrected chi connectivity index (χ1v) is 8.87. The third-order valence-electron chi connectivity index (χ3n) is 3.81. The van der Waals surface area contributed by atoms with Crippen molar-refractivity contribution in [2.24, 2.45) is 5.10 Å². The summed E-state index contributed by atoms with van der Waals surface area (Å²) in [6.07, 6.45) is 1.49. The lowest BCUT2D eigenvalue weighted by molar-refractivity contribution is 0.0734. The summed E-state index contributed by atoms with van der Waals surface area (Å²) in [5.41, 5.74) is 5.07. The molecule has 3 aromatic carbocycles. The topological polar surface area (TPSA) is 67.8 Å². The van der Waals surface area contributed by atoms with E-state index >= 15 is 0 Å². The quantitative estimate of drug-likeness (QED) is 0.298. The normalized spacial score (nSPS) is 10.6. The fraction of sp³-hybridized carbons (Fsp3) is 0.0455. The van der Waals surface area contributed by atoms with Gasteiger partial charge in [0, 0.05) is 10.6 Å². The highest BCUT2D eigenvalue weighted by Gasteiger charge is 2.08. The van der Waals surface area contributed by atoms with E-state index in [9.17, 15) is 9.59 Å². The molecular formula is C22H17ClN2O3. The van der Waals surface area contributed by atoms with Crippen LogP contribution in [0.15, 0.2) is 77.9 Å². The molecule has 0 aliphatic heterocycles. The van der Waals surface area contributed by atoms with E-state index in [0.29, 0.717) is 21.9 Å². The largest absolute Gasteiger partial charge is 0.423 e. The van der Waals surface area contributed by atoms with E-state index in [-0.39, 0.29) is 5.91 Å². The van der Waals surface area contributed by atoms with Crippen LogP contribution in [0.4, 0.5) is 0 Å². The molecule has 1 N–H and O–H groups in total. The van der Waals surface area contributed by atoms with Crippen LogP contribution in [0.3, 0.4) is 0 Å². The summed E-state index contributed by atoms with van der Waals surface area (Å²) in [6.45, 7) is 1.91. The summed E-state index contributed by atoms with van der Waals surface area (Å²) in [4.78, 5) is 24.1. The minimum absolute atomic E-state index is 0.359. The van der Waals surface area contributed by atoms with Crippen molar-refractivity contribution in [3.8, 4) is 5.75 Å². The fourth-order valence-corrected chi connectivity index (χ4v) is 2.61. The van der Waals surface area contributed by atoms with Crippen molar-refractivity contribution < 1.29 is 14.3 Å². The molecule has 5 nitrogen and oxygen atoms in total. The number of benzene rings is 3. The molecule has 0 saturated heterocycles. The highest BCUT2D eigenvalue weighted by molar-refractivity contribution is 6.30. The summed E-state index contributed by atoms with van der Waals surface area (Å²) in [7, 11) is 0. The Morgan fingerprint density at radius 3 is 2.39 bits per heavy atom. The van der Waals surface area contributed by atoms with Crippen molar-refractivity contribution >= 4 is 29.7 Å². The molecule has 6 heteroatoms. The molecule has 1 amide bonds. The van der Waals surface area contributed by atoms with Crippen molar-refractivity contribution in [1.29, 1.82) is 0 Å². The summed E-state index contributed by atoms with van der Waals surface area (Å²) in [5, 5.41) is 4.40. The van der Waals surface area contributed by atoms with Gasteiger partial charge in [0.15, 0.2) is 0 Å². The lowest BCUT2D eigenvalue weighted by atomic mass is 10.1. The highest BCUT2D eigenvalue weighted by Crippen LogP contribution is 2.14. The van der Waals surface area contributed by atoms with Crippen LogP contribution in [0.25, 0.3) is 0 Å². The van der Waals surface area contributed by atoms with E-state index in [1.807, 2.05) is 19.1 Å². The van der Waals surface area contributed by atoms with Crippen LogP contribution in [-0.4, -0.2) is 18.1 Å². The van der Waals surface area contributed by atoms with Crippen molar-refractivity contribution in [2.75, 3.05) is 0 Å². The zero-order valence-corrected chi connectivity index (χ0v) is 15.8. The predicted molar refractivity (Wildman–Crippen MR) is 109 cm³/mol. The van der Waals surface area contributed by atoms with Crippen molar-refractivity contribution in [3.63, 3.8) is 0 Å². The minimum atomic E-state index is -0.418. The van der Waals surface area contributed by atoms with E-state index in [4.69, 9.17) is 16.3 Å². The molecule has 3 aromatic rings. The van der Waals surface area contributed by atoms with Gasteiger partial charge in [0.25, 0.3) is 5.91 Å². The molecule has 28 heavy (non-hydrogen) atoms. The molecule has 0 atom stereocenters. The molecule has 0 aliphatic rings. The second kappa shape index (κ2) is 8.97. The average molecular weight is 393 g/mol. The summed E-state index contributed by atoms with van der Waals surface area (Å²) >= 11 is 5.86. The zero-order valence-electron chi connectivity index (χ0n) is 15.1. The van der Waals surface area contributed by atoms with Crippen LogP contribution >= 0.6 is 11.6 Å². The van der Waals surface area contributed by atoms with Crippen molar-refractivity contribution in [3.05, 3.63) is 100 Å². The molecule has 0 unspecified atom stereocenters. The lowest BCUT2D eigenvalue weighted by Gasteiger charge is -2.05. The number of amides is 1. The summed E-state index contributed by atoms with van der Waals surface area (Å²) < 4.78 is 5.36. The number of esters is 1. The van der Waals surface area contributed by atoms with Crippen LogP contribution in [0.2, 0.25) is 5.02 Å². The van der Waals surface area contributed by atoms with Crippen LogP contribution in [0.1, 0.15) is 31.8 Å².